The second-order valence-corrected chi connectivity index (χ2v) is 5.37. The average molecular weight is 242 g/mol. The molecule has 0 unspecified atom stereocenters. The number of rotatable bonds is 1. The number of hydrogen-bond donors (Lipinski definition) is 0. The largest absolute Gasteiger partial charge is 0.366 e. The van der Waals surface area contributed by atoms with Gasteiger partial charge in [0.2, 0.25) is 0 Å². The molecule has 1 aromatic rings. The zero-order valence-electron chi connectivity index (χ0n) is 10.7. The van der Waals surface area contributed by atoms with Crippen molar-refractivity contribution in [1.29, 1.82) is 5.26 Å². The Morgan fingerprint density at radius 3 is 2.89 bits per heavy atom. The van der Waals surface area contributed by atoms with Crippen LogP contribution in [0.3, 0.4) is 0 Å². The van der Waals surface area contributed by atoms with Crippen molar-refractivity contribution >= 4 is 5.69 Å². The van der Waals surface area contributed by atoms with Crippen LogP contribution in [0.15, 0.2) is 18.3 Å². The molecule has 4 nitrogen and oxygen atoms in total. The molecule has 0 spiro atoms. The SMILES string of the molecule is CN1CC[C@@H]2CCN(c3ccc(C#N)nc3)[C@@H]2C1. The van der Waals surface area contributed by atoms with Crippen molar-refractivity contribution in [2.75, 3.05) is 31.6 Å². The summed E-state index contributed by atoms with van der Waals surface area (Å²) in [6.07, 6.45) is 4.44. The molecule has 1 aromatic heterocycles. The molecule has 2 saturated heterocycles. The Balaban J connectivity index is 1.81. The minimum atomic E-state index is 0.496. The maximum atomic E-state index is 8.78. The fourth-order valence-electron chi connectivity index (χ4n) is 3.24. The lowest BCUT2D eigenvalue weighted by molar-refractivity contribution is 0.208. The normalized spacial score (nSPS) is 27.9. The summed E-state index contributed by atoms with van der Waals surface area (Å²) in [7, 11) is 2.20. The lowest BCUT2D eigenvalue weighted by Crippen LogP contribution is -2.46. The van der Waals surface area contributed by atoms with Gasteiger partial charge in [0.25, 0.3) is 0 Å². The number of piperidine rings is 1. The first-order valence-electron chi connectivity index (χ1n) is 6.59. The van der Waals surface area contributed by atoms with Gasteiger partial charge >= 0.3 is 0 Å². The molecule has 0 aliphatic carbocycles. The molecule has 0 saturated carbocycles. The smallest absolute Gasteiger partial charge is 0.140 e. The van der Waals surface area contributed by atoms with E-state index < -0.39 is 0 Å². The number of likely N-dealkylation sites (N-methyl/N-ethyl adjacent to an activating group) is 1. The van der Waals surface area contributed by atoms with E-state index in [0.717, 1.165) is 24.7 Å². The second kappa shape index (κ2) is 4.58. The first-order chi connectivity index (χ1) is 8.78. The quantitative estimate of drug-likeness (QED) is 0.748. The predicted octanol–water partition coefficient (Wildman–Crippen LogP) is 1.48. The summed E-state index contributed by atoms with van der Waals surface area (Å²) >= 11 is 0. The van der Waals surface area contributed by atoms with Gasteiger partial charge in [-0.3, -0.25) is 0 Å². The standard InChI is InChI=1S/C14H18N4/c1-17-6-4-11-5-7-18(14(11)10-17)13-3-2-12(8-15)16-9-13/h2-3,9,11,14H,4-7,10H2,1H3/t11-,14-/m1/s1. The summed E-state index contributed by atoms with van der Waals surface area (Å²) in [6, 6.07) is 6.54. The number of nitrogens with zero attached hydrogens (tertiary/aromatic N) is 4. The molecule has 0 N–H and O–H groups in total. The molecule has 2 atom stereocenters. The molecule has 2 aliphatic heterocycles. The average Bonchev–Trinajstić information content (AvgIpc) is 2.82. The Morgan fingerprint density at radius 2 is 2.17 bits per heavy atom. The lowest BCUT2D eigenvalue weighted by atomic mass is 9.92. The second-order valence-electron chi connectivity index (χ2n) is 5.37. The first-order valence-corrected chi connectivity index (χ1v) is 6.59. The molecule has 18 heavy (non-hydrogen) atoms. The zero-order valence-corrected chi connectivity index (χ0v) is 10.7. The van der Waals surface area contributed by atoms with E-state index in [0.29, 0.717) is 11.7 Å². The van der Waals surface area contributed by atoms with Crippen LogP contribution in [0.5, 0.6) is 0 Å². The van der Waals surface area contributed by atoms with E-state index in [1.165, 1.54) is 19.4 Å². The van der Waals surface area contributed by atoms with Gasteiger partial charge < -0.3 is 9.80 Å². The summed E-state index contributed by atoms with van der Waals surface area (Å²) in [5, 5.41) is 8.78. The fraction of sp³-hybridized carbons (Fsp3) is 0.571. The van der Waals surface area contributed by atoms with Crippen LogP contribution >= 0.6 is 0 Å². The van der Waals surface area contributed by atoms with Gasteiger partial charge in [-0.25, -0.2) is 4.98 Å². The molecule has 0 aromatic carbocycles. The van der Waals surface area contributed by atoms with Crippen LogP contribution < -0.4 is 4.90 Å². The van der Waals surface area contributed by atoms with Crippen LogP contribution in [0.25, 0.3) is 0 Å². The summed E-state index contributed by atoms with van der Waals surface area (Å²) in [5.74, 6) is 0.830. The van der Waals surface area contributed by atoms with Gasteiger partial charge in [0.05, 0.1) is 11.9 Å². The van der Waals surface area contributed by atoms with Crippen LogP contribution in [0.4, 0.5) is 5.69 Å². The Kier molecular flexibility index (Phi) is 2.92. The summed E-state index contributed by atoms with van der Waals surface area (Å²) in [5.41, 5.74) is 1.66. The van der Waals surface area contributed by atoms with E-state index >= 15 is 0 Å². The first kappa shape index (κ1) is 11.5. The van der Waals surface area contributed by atoms with E-state index in [2.05, 4.69) is 27.9 Å². The molecule has 4 heteroatoms. The Hall–Kier alpha value is -1.60. The Bertz CT molecular complexity index is 462. The van der Waals surface area contributed by atoms with E-state index in [1.54, 1.807) is 0 Å². The monoisotopic (exact) mass is 242 g/mol. The highest BCUT2D eigenvalue weighted by molar-refractivity contribution is 5.48. The van der Waals surface area contributed by atoms with Crippen LogP contribution in [0.1, 0.15) is 18.5 Å². The molecule has 0 bridgehead atoms. The van der Waals surface area contributed by atoms with Crippen molar-refractivity contribution in [3.05, 3.63) is 24.0 Å². The minimum absolute atomic E-state index is 0.496. The van der Waals surface area contributed by atoms with Crippen LogP contribution in [0.2, 0.25) is 0 Å². The van der Waals surface area contributed by atoms with Crippen molar-refractivity contribution in [3.8, 4) is 6.07 Å². The highest BCUT2D eigenvalue weighted by Gasteiger charge is 2.37. The van der Waals surface area contributed by atoms with Gasteiger partial charge in [-0.05, 0) is 44.5 Å². The van der Waals surface area contributed by atoms with E-state index in [4.69, 9.17) is 5.26 Å². The molecule has 0 radical (unpaired) electrons. The van der Waals surface area contributed by atoms with Gasteiger partial charge in [-0.2, -0.15) is 5.26 Å². The van der Waals surface area contributed by atoms with Crippen LogP contribution in [-0.2, 0) is 0 Å². The summed E-state index contributed by atoms with van der Waals surface area (Å²) in [6.45, 7) is 3.49. The number of hydrogen-bond acceptors (Lipinski definition) is 4. The van der Waals surface area contributed by atoms with Gasteiger partial charge in [-0.1, -0.05) is 0 Å². The van der Waals surface area contributed by atoms with Gasteiger partial charge in [-0.15, -0.1) is 0 Å². The highest BCUT2D eigenvalue weighted by Crippen LogP contribution is 2.34. The number of fused-ring (bicyclic) bond motifs is 1. The number of nitriles is 1. The Morgan fingerprint density at radius 1 is 1.33 bits per heavy atom. The van der Waals surface area contributed by atoms with Crippen molar-refractivity contribution in [3.63, 3.8) is 0 Å². The lowest BCUT2D eigenvalue weighted by Gasteiger charge is -2.37. The minimum Gasteiger partial charge on any atom is -0.366 e. The molecule has 94 valence electrons. The maximum absolute atomic E-state index is 8.78. The predicted molar refractivity (Wildman–Crippen MR) is 70.3 cm³/mol. The molecule has 3 rings (SSSR count). The van der Waals surface area contributed by atoms with E-state index in [9.17, 15) is 0 Å². The topological polar surface area (TPSA) is 43.2 Å². The van der Waals surface area contributed by atoms with Crippen molar-refractivity contribution in [2.45, 2.75) is 18.9 Å². The third kappa shape index (κ3) is 1.95. The molecule has 3 heterocycles. The molecule has 2 aliphatic rings. The highest BCUT2D eigenvalue weighted by atomic mass is 15.3. The van der Waals surface area contributed by atoms with E-state index in [-0.39, 0.29) is 0 Å². The fourth-order valence-corrected chi connectivity index (χ4v) is 3.24. The third-order valence-electron chi connectivity index (χ3n) is 4.26. The molecular weight excluding hydrogens is 224 g/mol. The maximum Gasteiger partial charge on any atom is 0.140 e. The third-order valence-corrected chi connectivity index (χ3v) is 4.26. The van der Waals surface area contributed by atoms with Crippen molar-refractivity contribution in [1.82, 2.24) is 9.88 Å². The summed E-state index contributed by atoms with van der Waals surface area (Å²) in [4.78, 5) is 9.06. The summed E-state index contributed by atoms with van der Waals surface area (Å²) < 4.78 is 0. The van der Waals surface area contributed by atoms with Gasteiger partial charge in [0.1, 0.15) is 11.8 Å². The number of anilines is 1. The number of likely N-dealkylation sites (tertiary alicyclic amines) is 1. The molecular formula is C14H18N4. The van der Waals surface area contributed by atoms with Crippen LogP contribution in [0, 0.1) is 17.2 Å². The van der Waals surface area contributed by atoms with E-state index in [1.807, 2.05) is 18.3 Å². The molecule has 2 fully saturated rings. The number of aromatic nitrogens is 1. The van der Waals surface area contributed by atoms with Crippen molar-refractivity contribution < 1.29 is 0 Å². The molecule has 0 amide bonds. The van der Waals surface area contributed by atoms with Gasteiger partial charge in [0.15, 0.2) is 0 Å². The van der Waals surface area contributed by atoms with Crippen LogP contribution in [-0.4, -0.2) is 42.6 Å². The Labute approximate surface area is 108 Å². The van der Waals surface area contributed by atoms with Crippen molar-refractivity contribution in [2.24, 2.45) is 5.92 Å². The zero-order chi connectivity index (χ0) is 12.5. The number of pyridine rings is 1. The van der Waals surface area contributed by atoms with Gasteiger partial charge in [0, 0.05) is 19.1 Å².